The lowest BCUT2D eigenvalue weighted by Crippen LogP contribution is -2.46. The number of hydrogen-bond donors (Lipinski definition) is 1. The summed E-state index contributed by atoms with van der Waals surface area (Å²) in [5, 5.41) is 1.62. The van der Waals surface area contributed by atoms with Gasteiger partial charge in [0.15, 0.2) is 9.84 Å². The maximum absolute atomic E-state index is 13.7. The lowest BCUT2D eigenvalue weighted by Gasteiger charge is -2.31. The van der Waals surface area contributed by atoms with E-state index < -0.39 is 38.9 Å². The quantitative estimate of drug-likeness (QED) is 0.765. The molecule has 1 saturated heterocycles. The fraction of sp³-hybridized carbons (Fsp3) is 0.632. The molecule has 1 aliphatic carbocycles. The molecule has 1 aliphatic heterocycles. The van der Waals surface area contributed by atoms with Crippen molar-refractivity contribution in [3.8, 4) is 0 Å². The van der Waals surface area contributed by atoms with Gasteiger partial charge in [0.2, 0.25) is 0 Å². The lowest BCUT2D eigenvalue weighted by atomic mass is 10.1. The number of sulfone groups is 1. The summed E-state index contributed by atoms with van der Waals surface area (Å²) in [5.41, 5.74) is -0.894. The third kappa shape index (κ3) is 5.00. The molecule has 0 aromatic heterocycles. The number of nitrogens with one attached hydrogen (secondary N) is 1. The molecule has 2 atom stereocenters. The summed E-state index contributed by atoms with van der Waals surface area (Å²) in [5.74, 6) is 0. The van der Waals surface area contributed by atoms with E-state index in [0.717, 1.165) is 12.3 Å². The molecule has 1 aromatic rings. The highest BCUT2D eigenvalue weighted by Crippen LogP contribution is 2.38. The van der Waals surface area contributed by atoms with Crippen LogP contribution in [0.1, 0.15) is 24.8 Å². The van der Waals surface area contributed by atoms with Crippen LogP contribution >= 0.6 is 0 Å². The van der Waals surface area contributed by atoms with Gasteiger partial charge >= 0.3 is 12.2 Å². The molecule has 1 aromatic carbocycles. The third-order valence-corrected chi connectivity index (χ3v) is 7.36. The van der Waals surface area contributed by atoms with Crippen molar-refractivity contribution in [3.63, 3.8) is 0 Å². The molecule has 7 nitrogen and oxygen atoms in total. The van der Waals surface area contributed by atoms with E-state index in [9.17, 15) is 26.4 Å². The molecule has 3 rings (SSSR count). The lowest BCUT2D eigenvalue weighted by molar-refractivity contribution is -0.136. The van der Waals surface area contributed by atoms with Crippen molar-refractivity contribution in [2.45, 2.75) is 36.7 Å². The Hall–Kier alpha value is -2.01. The SMILES string of the molecule is CN(C(=O)Nc1ccc(N2CCOCC2)cc1C(F)(F)F)[C@@H]1CCC[C@@H]1S(C)(=O)=O. The largest absolute Gasteiger partial charge is 0.418 e. The normalized spacial score (nSPS) is 22.8. The molecule has 168 valence electrons. The predicted molar refractivity (Wildman–Crippen MR) is 108 cm³/mol. The molecule has 2 amide bonds. The number of halogens is 3. The van der Waals surface area contributed by atoms with Gasteiger partial charge in [-0.25, -0.2) is 13.2 Å². The van der Waals surface area contributed by atoms with E-state index in [2.05, 4.69) is 5.32 Å². The van der Waals surface area contributed by atoms with Crippen molar-refractivity contribution in [2.24, 2.45) is 0 Å². The Balaban J connectivity index is 1.81. The highest BCUT2D eigenvalue weighted by molar-refractivity contribution is 7.91. The number of nitrogens with zero attached hydrogens (tertiary/aromatic N) is 2. The number of carbonyl (C=O) groups is 1. The van der Waals surface area contributed by atoms with Gasteiger partial charge in [0.1, 0.15) is 0 Å². The van der Waals surface area contributed by atoms with Gasteiger partial charge in [0.05, 0.1) is 29.7 Å². The van der Waals surface area contributed by atoms with Crippen LogP contribution in [0.4, 0.5) is 29.3 Å². The number of ether oxygens (including phenoxy) is 1. The van der Waals surface area contributed by atoms with Crippen LogP contribution in [0.25, 0.3) is 0 Å². The van der Waals surface area contributed by atoms with E-state index in [1.807, 2.05) is 0 Å². The van der Waals surface area contributed by atoms with Crippen molar-refractivity contribution >= 4 is 27.2 Å². The number of rotatable bonds is 4. The molecule has 0 spiro atoms. The Morgan fingerprint density at radius 2 is 1.90 bits per heavy atom. The van der Waals surface area contributed by atoms with Crippen molar-refractivity contribution in [2.75, 3.05) is 49.8 Å². The van der Waals surface area contributed by atoms with Crippen LogP contribution < -0.4 is 10.2 Å². The number of hydrogen-bond acceptors (Lipinski definition) is 5. The highest BCUT2D eigenvalue weighted by atomic mass is 32.2. The maximum Gasteiger partial charge on any atom is 0.418 e. The van der Waals surface area contributed by atoms with Crippen molar-refractivity contribution < 1.29 is 31.1 Å². The number of benzene rings is 1. The second kappa shape index (κ2) is 8.62. The Morgan fingerprint density at radius 3 is 2.50 bits per heavy atom. The van der Waals surface area contributed by atoms with Gasteiger partial charge in [0, 0.05) is 38.1 Å². The monoisotopic (exact) mass is 449 g/mol. The standard InChI is InChI=1S/C19H26F3N3O4S/c1-24(16-4-3-5-17(16)30(2,27)28)18(26)23-15-7-6-13(12-14(15)19(20,21)22)25-8-10-29-11-9-25/h6-7,12,16-17H,3-5,8-11H2,1-2H3,(H,23,26)/t16-,17+/m1/s1. The van der Waals surface area contributed by atoms with E-state index in [4.69, 9.17) is 4.74 Å². The summed E-state index contributed by atoms with van der Waals surface area (Å²) < 4.78 is 70.2. The second-order valence-corrected chi connectivity index (χ2v) is 10.00. The molecule has 0 bridgehead atoms. The smallest absolute Gasteiger partial charge is 0.378 e. The molecule has 2 fully saturated rings. The van der Waals surface area contributed by atoms with Gasteiger partial charge in [-0.1, -0.05) is 0 Å². The van der Waals surface area contributed by atoms with Gasteiger partial charge in [-0.05, 0) is 37.5 Å². The third-order valence-electron chi connectivity index (χ3n) is 5.71. The Bertz CT molecular complexity index is 886. The van der Waals surface area contributed by atoms with Crippen LogP contribution in [0.5, 0.6) is 0 Å². The van der Waals surface area contributed by atoms with Gasteiger partial charge in [-0.15, -0.1) is 0 Å². The summed E-state index contributed by atoms with van der Waals surface area (Å²) in [6, 6.07) is 2.46. The second-order valence-electron chi connectivity index (χ2n) is 7.73. The summed E-state index contributed by atoms with van der Waals surface area (Å²) in [7, 11) is -1.95. The molecular formula is C19H26F3N3O4S. The minimum absolute atomic E-state index is 0.356. The van der Waals surface area contributed by atoms with Crippen molar-refractivity contribution in [1.29, 1.82) is 0 Å². The Labute approximate surface area is 174 Å². The molecule has 30 heavy (non-hydrogen) atoms. The molecule has 2 aliphatic rings. The van der Waals surface area contributed by atoms with Gasteiger partial charge in [-0.2, -0.15) is 13.2 Å². The molecule has 1 saturated carbocycles. The first-order valence-corrected chi connectivity index (χ1v) is 11.7. The minimum atomic E-state index is -4.66. The van der Waals surface area contributed by atoms with E-state index in [0.29, 0.717) is 51.3 Å². The Kier molecular flexibility index (Phi) is 6.51. The number of alkyl halides is 3. The summed E-state index contributed by atoms with van der Waals surface area (Å²) in [4.78, 5) is 15.7. The van der Waals surface area contributed by atoms with E-state index in [1.165, 1.54) is 24.1 Å². The summed E-state index contributed by atoms with van der Waals surface area (Å²) in [6.45, 7) is 1.85. The first kappa shape index (κ1) is 22.7. The average molecular weight is 449 g/mol. The predicted octanol–water partition coefficient (Wildman–Crippen LogP) is 2.97. The minimum Gasteiger partial charge on any atom is -0.378 e. The number of carbonyl (C=O) groups excluding carboxylic acids is 1. The molecule has 1 N–H and O–H groups in total. The average Bonchev–Trinajstić information content (AvgIpc) is 3.18. The van der Waals surface area contributed by atoms with Crippen LogP contribution in [-0.4, -0.2) is 70.2 Å². The van der Waals surface area contributed by atoms with Crippen molar-refractivity contribution in [3.05, 3.63) is 23.8 Å². The first-order valence-electron chi connectivity index (χ1n) is 9.75. The van der Waals surface area contributed by atoms with Crippen LogP contribution in [0.3, 0.4) is 0 Å². The Morgan fingerprint density at radius 1 is 1.23 bits per heavy atom. The van der Waals surface area contributed by atoms with E-state index >= 15 is 0 Å². The van der Waals surface area contributed by atoms with Crippen LogP contribution in [-0.2, 0) is 20.8 Å². The fourth-order valence-corrected chi connectivity index (χ4v) is 5.58. The van der Waals surface area contributed by atoms with Crippen LogP contribution in [0.15, 0.2) is 18.2 Å². The zero-order valence-corrected chi connectivity index (χ0v) is 17.7. The molecule has 11 heteroatoms. The maximum atomic E-state index is 13.7. The number of anilines is 2. The highest BCUT2D eigenvalue weighted by Gasteiger charge is 2.40. The van der Waals surface area contributed by atoms with Gasteiger partial charge < -0.3 is 19.9 Å². The molecule has 0 unspecified atom stereocenters. The van der Waals surface area contributed by atoms with E-state index in [1.54, 1.807) is 4.90 Å². The molecular weight excluding hydrogens is 423 g/mol. The molecule has 0 radical (unpaired) electrons. The topological polar surface area (TPSA) is 79.0 Å². The zero-order chi connectivity index (χ0) is 22.1. The van der Waals surface area contributed by atoms with Gasteiger partial charge in [0.25, 0.3) is 0 Å². The van der Waals surface area contributed by atoms with E-state index in [-0.39, 0.29) is 5.69 Å². The zero-order valence-electron chi connectivity index (χ0n) is 16.9. The number of amides is 2. The van der Waals surface area contributed by atoms with Crippen molar-refractivity contribution in [1.82, 2.24) is 4.90 Å². The van der Waals surface area contributed by atoms with Gasteiger partial charge in [-0.3, -0.25) is 0 Å². The summed E-state index contributed by atoms with van der Waals surface area (Å²) >= 11 is 0. The van der Waals surface area contributed by atoms with Crippen LogP contribution in [0.2, 0.25) is 0 Å². The number of morpholine rings is 1. The summed E-state index contributed by atoms with van der Waals surface area (Å²) in [6.07, 6.45) is -1.98. The fourth-order valence-electron chi connectivity index (χ4n) is 4.10. The number of urea groups is 1. The molecule has 1 heterocycles. The first-order chi connectivity index (χ1) is 14.0. The van der Waals surface area contributed by atoms with Crippen LogP contribution in [0, 0.1) is 0 Å².